The molecule has 3 amide bonds. The molecule has 1 fully saturated rings. The summed E-state index contributed by atoms with van der Waals surface area (Å²) in [5.41, 5.74) is 1.37. The van der Waals surface area contributed by atoms with Crippen molar-refractivity contribution in [2.45, 2.75) is 51.4 Å². The molecule has 0 aromatic heterocycles. The van der Waals surface area contributed by atoms with Gasteiger partial charge < -0.3 is 10.1 Å². The second kappa shape index (κ2) is 8.56. The molecule has 2 rings (SSSR count). The van der Waals surface area contributed by atoms with Gasteiger partial charge in [-0.1, -0.05) is 18.1 Å². The van der Waals surface area contributed by atoms with E-state index in [0.29, 0.717) is 6.54 Å². The van der Waals surface area contributed by atoms with Crippen LogP contribution in [-0.2, 0) is 14.3 Å². The molecule has 1 saturated carbocycles. The van der Waals surface area contributed by atoms with Crippen LogP contribution in [-0.4, -0.2) is 31.1 Å². The normalized spacial score (nSPS) is 17.9. The minimum absolute atomic E-state index is 0.0644. The van der Waals surface area contributed by atoms with E-state index in [1.807, 2.05) is 0 Å². The van der Waals surface area contributed by atoms with E-state index < -0.39 is 18.5 Å². The van der Waals surface area contributed by atoms with Crippen molar-refractivity contribution in [3.63, 3.8) is 0 Å². The van der Waals surface area contributed by atoms with Crippen LogP contribution >= 0.6 is 0 Å². The van der Waals surface area contributed by atoms with Gasteiger partial charge in [-0.3, -0.25) is 14.9 Å². The van der Waals surface area contributed by atoms with E-state index in [9.17, 15) is 14.4 Å². The van der Waals surface area contributed by atoms with E-state index in [2.05, 4.69) is 16.7 Å². The number of imide groups is 1. The Hall–Kier alpha value is -1.85. The van der Waals surface area contributed by atoms with Crippen molar-refractivity contribution in [2.75, 3.05) is 13.2 Å². The maximum absolute atomic E-state index is 11.5. The van der Waals surface area contributed by atoms with E-state index in [0.717, 1.165) is 38.5 Å². The van der Waals surface area contributed by atoms with Crippen LogP contribution in [0.1, 0.15) is 51.4 Å². The van der Waals surface area contributed by atoms with Crippen LogP contribution in [0.25, 0.3) is 0 Å². The molecule has 6 heteroatoms. The molecule has 0 aliphatic heterocycles. The zero-order valence-corrected chi connectivity index (χ0v) is 12.9. The largest absolute Gasteiger partial charge is 0.455 e. The number of ether oxygens (including phenoxy) is 1. The van der Waals surface area contributed by atoms with Crippen molar-refractivity contribution < 1.29 is 19.1 Å². The van der Waals surface area contributed by atoms with Crippen LogP contribution in [0.15, 0.2) is 11.6 Å². The maximum atomic E-state index is 11.5. The molecule has 2 aliphatic carbocycles. The van der Waals surface area contributed by atoms with E-state index in [1.54, 1.807) is 0 Å². The van der Waals surface area contributed by atoms with E-state index in [1.165, 1.54) is 18.4 Å². The summed E-state index contributed by atoms with van der Waals surface area (Å²) in [6.45, 7) is 0.112. The van der Waals surface area contributed by atoms with Gasteiger partial charge in [-0.25, -0.2) is 4.79 Å². The molecule has 22 heavy (non-hydrogen) atoms. The molecule has 0 atom stereocenters. The summed E-state index contributed by atoms with van der Waals surface area (Å²) < 4.78 is 4.87. The van der Waals surface area contributed by atoms with E-state index >= 15 is 0 Å². The van der Waals surface area contributed by atoms with E-state index in [4.69, 9.17) is 4.74 Å². The highest BCUT2D eigenvalue weighted by Crippen LogP contribution is 2.27. The summed E-state index contributed by atoms with van der Waals surface area (Å²) >= 11 is 0. The Kier molecular flexibility index (Phi) is 6.43. The lowest BCUT2D eigenvalue weighted by Crippen LogP contribution is -2.42. The molecule has 122 valence electrons. The second-order valence-corrected chi connectivity index (χ2v) is 5.90. The predicted molar refractivity (Wildman–Crippen MR) is 81.0 cm³/mol. The molecule has 0 saturated heterocycles. The summed E-state index contributed by atoms with van der Waals surface area (Å²) in [7, 11) is 0. The van der Waals surface area contributed by atoms with Gasteiger partial charge in [-0.05, 0) is 44.9 Å². The number of esters is 1. The number of carbonyl (C=O) groups excluding carboxylic acids is 3. The number of carbonyl (C=O) groups is 3. The van der Waals surface area contributed by atoms with Crippen LogP contribution < -0.4 is 10.6 Å². The lowest BCUT2D eigenvalue weighted by atomic mass is 9.86. The lowest BCUT2D eigenvalue weighted by molar-refractivity contribution is -0.154. The molecule has 0 spiro atoms. The standard InChI is InChI=1S/C16H24N2O4/c19-14(11-22-15(20)13-7-4-8-13)18-16(21)17-10-9-12-5-2-1-3-6-12/h5,13H,1-4,6-11H2,(H2,17,18,19,21). The van der Waals surface area contributed by atoms with Crippen LogP contribution in [0.3, 0.4) is 0 Å². The van der Waals surface area contributed by atoms with Crippen molar-refractivity contribution in [1.82, 2.24) is 10.6 Å². The average Bonchev–Trinajstić information content (AvgIpc) is 2.44. The minimum atomic E-state index is -0.595. The first-order valence-corrected chi connectivity index (χ1v) is 8.07. The predicted octanol–water partition coefficient (Wildman–Crippen LogP) is 2.05. The van der Waals surface area contributed by atoms with Crippen LogP contribution in [0.4, 0.5) is 4.79 Å². The average molecular weight is 308 g/mol. The fourth-order valence-corrected chi connectivity index (χ4v) is 2.57. The molecule has 0 heterocycles. The third-order valence-corrected chi connectivity index (χ3v) is 4.15. The quantitative estimate of drug-likeness (QED) is 0.581. The topological polar surface area (TPSA) is 84.5 Å². The Morgan fingerprint density at radius 3 is 2.64 bits per heavy atom. The Bertz CT molecular complexity index is 455. The monoisotopic (exact) mass is 308 g/mol. The molecular weight excluding hydrogens is 284 g/mol. The first kappa shape index (κ1) is 16.5. The van der Waals surface area contributed by atoms with Crippen molar-refractivity contribution in [3.8, 4) is 0 Å². The first-order chi connectivity index (χ1) is 10.6. The summed E-state index contributed by atoms with van der Waals surface area (Å²) in [5, 5.41) is 4.80. The maximum Gasteiger partial charge on any atom is 0.321 e. The Morgan fingerprint density at radius 1 is 1.18 bits per heavy atom. The van der Waals surface area contributed by atoms with Gasteiger partial charge in [0.2, 0.25) is 0 Å². The zero-order chi connectivity index (χ0) is 15.8. The second-order valence-electron chi connectivity index (χ2n) is 5.90. The molecular formula is C16H24N2O4. The van der Waals surface area contributed by atoms with Gasteiger partial charge in [-0.2, -0.15) is 0 Å². The third kappa shape index (κ3) is 5.50. The number of urea groups is 1. The van der Waals surface area contributed by atoms with Gasteiger partial charge in [0, 0.05) is 6.54 Å². The van der Waals surface area contributed by atoms with Crippen molar-refractivity contribution >= 4 is 17.9 Å². The van der Waals surface area contributed by atoms with Gasteiger partial charge in [-0.15, -0.1) is 0 Å². The molecule has 0 radical (unpaired) electrons. The number of amides is 3. The fourth-order valence-electron chi connectivity index (χ4n) is 2.57. The summed E-state index contributed by atoms with van der Waals surface area (Å²) in [6, 6.07) is -0.541. The van der Waals surface area contributed by atoms with Gasteiger partial charge in [0.25, 0.3) is 5.91 Å². The van der Waals surface area contributed by atoms with Crippen LogP contribution in [0, 0.1) is 5.92 Å². The SMILES string of the molecule is O=C(COC(=O)C1CCC1)NC(=O)NCCC1=CCCCC1. The Balaban J connectivity index is 1.54. The van der Waals surface area contributed by atoms with Crippen molar-refractivity contribution in [1.29, 1.82) is 0 Å². The molecule has 6 nitrogen and oxygen atoms in total. The number of hydrogen-bond acceptors (Lipinski definition) is 4. The molecule has 2 aliphatic rings. The summed E-state index contributed by atoms with van der Waals surface area (Å²) in [5.74, 6) is -1.00. The molecule has 0 unspecified atom stereocenters. The van der Waals surface area contributed by atoms with E-state index in [-0.39, 0.29) is 11.9 Å². The number of hydrogen-bond donors (Lipinski definition) is 2. The summed E-state index contributed by atoms with van der Waals surface area (Å²) in [4.78, 5) is 34.5. The Morgan fingerprint density at radius 2 is 2.00 bits per heavy atom. The third-order valence-electron chi connectivity index (χ3n) is 4.15. The van der Waals surface area contributed by atoms with Crippen molar-refractivity contribution in [2.24, 2.45) is 5.92 Å². The van der Waals surface area contributed by atoms with Gasteiger partial charge in [0.15, 0.2) is 6.61 Å². The zero-order valence-electron chi connectivity index (χ0n) is 12.9. The highest BCUT2D eigenvalue weighted by molar-refractivity contribution is 5.95. The fraction of sp³-hybridized carbons (Fsp3) is 0.688. The molecule has 0 aromatic carbocycles. The molecule has 0 bridgehead atoms. The van der Waals surface area contributed by atoms with Crippen LogP contribution in [0.5, 0.6) is 0 Å². The van der Waals surface area contributed by atoms with Gasteiger partial charge in [0.1, 0.15) is 0 Å². The molecule has 0 aromatic rings. The number of rotatable bonds is 6. The lowest BCUT2D eigenvalue weighted by Gasteiger charge is -2.22. The van der Waals surface area contributed by atoms with Crippen molar-refractivity contribution in [3.05, 3.63) is 11.6 Å². The summed E-state index contributed by atoms with van der Waals surface area (Å²) in [6.07, 6.45) is 10.4. The highest BCUT2D eigenvalue weighted by atomic mass is 16.5. The van der Waals surface area contributed by atoms with Crippen LogP contribution in [0.2, 0.25) is 0 Å². The highest BCUT2D eigenvalue weighted by Gasteiger charge is 2.27. The molecule has 2 N–H and O–H groups in total. The van der Waals surface area contributed by atoms with Gasteiger partial charge in [0.05, 0.1) is 5.92 Å². The Labute approximate surface area is 130 Å². The first-order valence-electron chi connectivity index (χ1n) is 8.07. The minimum Gasteiger partial charge on any atom is -0.455 e. The number of nitrogens with one attached hydrogen (secondary N) is 2. The van der Waals surface area contributed by atoms with Gasteiger partial charge >= 0.3 is 12.0 Å². The number of allylic oxidation sites excluding steroid dienone is 1. The smallest absolute Gasteiger partial charge is 0.321 e.